The molecule has 2 aromatic rings. The lowest BCUT2D eigenvalue weighted by Crippen LogP contribution is -1.97. The molecule has 2 N–H and O–H groups in total. The Labute approximate surface area is 206 Å². The molecule has 4 nitrogen and oxygen atoms in total. The average Bonchev–Trinajstić information content (AvgIpc) is 2.87. The molecule has 0 aliphatic heterocycles. The highest BCUT2D eigenvalue weighted by Gasteiger charge is 1.97. The van der Waals surface area contributed by atoms with E-state index in [1.807, 2.05) is 24.3 Å². The lowest BCUT2D eigenvalue weighted by molar-refractivity contribution is 0.280. The van der Waals surface area contributed by atoms with Crippen LogP contribution in [-0.4, -0.2) is 36.6 Å². The van der Waals surface area contributed by atoms with E-state index in [1.54, 1.807) is 0 Å². The Morgan fingerprint density at radius 2 is 0.765 bits per heavy atom. The van der Waals surface area contributed by atoms with Crippen molar-refractivity contribution in [1.82, 2.24) is 0 Å². The number of rotatable bonds is 20. The van der Waals surface area contributed by atoms with Crippen molar-refractivity contribution in [1.29, 1.82) is 0 Å². The number of hydrogen-bond acceptors (Lipinski definition) is 4. The molecule has 0 saturated carbocycles. The molecule has 0 aromatic heterocycles. The fraction of sp³-hybridized carbons (Fsp3) is 0.533. The van der Waals surface area contributed by atoms with Gasteiger partial charge in [0.15, 0.2) is 0 Å². The van der Waals surface area contributed by atoms with Crippen LogP contribution in [0.5, 0.6) is 11.5 Å². The summed E-state index contributed by atoms with van der Waals surface area (Å²) in [5.74, 6) is 1.84. The highest BCUT2D eigenvalue weighted by atomic mass is 16.5. The molecule has 0 saturated heterocycles. The molecule has 0 unspecified atom stereocenters. The van der Waals surface area contributed by atoms with Crippen molar-refractivity contribution in [2.75, 3.05) is 26.4 Å². The smallest absolute Gasteiger partial charge is 0.119 e. The molecule has 2 rings (SSSR count). The number of benzene rings is 2. The predicted molar refractivity (Wildman–Crippen MR) is 142 cm³/mol. The Kier molecular flexibility index (Phi) is 15.7. The van der Waals surface area contributed by atoms with Gasteiger partial charge in [-0.1, -0.05) is 87.8 Å². The standard InChI is InChI=1S/C30H44O4/c31-23-9-5-1-3-7-11-25-33-29-19-15-27(16-20-29)13-14-28-17-21-30(22-18-28)34-26-12-8-4-2-6-10-24-32/h13-22,31-32H,1-12,23-26H2/b14-13+. The first-order valence-corrected chi connectivity index (χ1v) is 13.2. The van der Waals surface area contributed by atoms with Gasteiger partial charge in [0.25, 0.3) is 0 Å². The zero-order chi connectivity index (χ0) is 24.1. The molecular formula is C30H44O4. The van der Waals surface area contributed by atoms with Crippen molar-refractivity contribution in [3.8, 4) is 11.5 Å². The van der Waals surface area contributed by atoms with Crippen LogP contribution in [0.25, 0.3) is 12.2 Å². The van der Waals surface area contributed by atoms with Crippen LogP contribution in [-0.2, 0) is 0 Å². The summed E-state index contributed by atoms with van der Waals surface area (Å²) in [6, 6.07) is 16.5. The summed E-state index contributed by atoms with van der Waals surface area (Å²) in [6.45, 7) is 2.14. The highest BCUT2D eigenvalue weighted by molar-refractivity contribution is 5.70. The SMILES string of the molecule is OCCCCCCCCOc1ccc(/C=C/c2ccc(OCCCCCCCCO)cc2)cc1. The molecule has 2 aromatic carbocycles. The van der Waals surface area contributed by atoms with Gasteiger partial charge >= 0.3 is 0 Å². The topological polar surface area (TPSA) is 58.9 Å². The van der Waals surface area contributed by atoms with E-state index in [1.165, 1.54) is 38.5 Å². The van der Waals surface area contributed by atoms with Gasteiger partial charge in [0.05, 0.1) is 13.2 Å². The minimum atomic E-state index is 0.310. The third kappa shape index (κ3) is 13.4. The van der Waals surface area contributed by atoms with Crippen molar-refractivity contribution in [2.24, 2.45) is 0 Å². The zero-order valence-electron chi connectivity index (χ0n) is 20.8. The zero-order valence-corrected chi connectivity index (χ0v) is 20.8. The third-order valence-corrected chi connectivity index (χ3v) is 5.87. The monoisotopic (exact) mass is 468 g/mol. The molecule has 0 aliphatic carbocycles. The number of aliphatic hydroxyl groups is 2. The van der Waals surface area contributed by atoms with E-state index in [0.717, 1.165) is 74.4 Å². The minimum absolute atomic E-state index is 0.310. The fourth-order valence-corrected chi connectivity index (χ4v) is 3.76. The molecule has 0 radical (unpaired) electrons. The molecule has 0 fully saturated rings. The average molecular weight is 469 g/mol. The van der Waals surface area contributed by atoms with Gasteiger partial charge < -0.3 is 19.7 Å². The number of ether oxygens (including phenoxy) is 2. The van der Waals surface area contributed by atoms with Crippen molar-refractivity contribution < 1.29 is 19.7 Å². The maximum atomic E-state index is 8.78. The van der Waals surface area contributed by atoms with E-state index in [9.17, 15) is 0 Å². The summed E-state index contributed by atoms with van der Waals surface area (Å²) in [4.78, 5) is 0. The normalized spacial score (nSPS) is 11.2. The summed E-state index contributed by atoms with van der Waals surface area (Å²) in [6.07, 6.45) is 17.7. The number of aliphatic hydroxyl groups excluding tert-OH is 2. The Morgan fingerprint density at radius 3 is 1.12 bits per heavy atom. The van der Waals surface area contributed by atoms with Crippen LogP contribution >= 0.6 is 0 Å². The second kappa shape index (κ2) is 19.1. The summed E-state index contributed by atoms with van der Waals surface area (Å²) in [5.41, 5.74) is 2.30. The van der Waals surface area contributed by atoms with Gasteiger partial charge in [0.1, 0.15) is 11.5 Å². The third-order valence-electron chi connectivity index (χ3n) is 5.87. The molecule has 188 valence electrons. The molecule has 0 bridgehead atoms. The molecule has 0 amide bonds. The van der Waals surface area contributed by atoms with Crippen molar-refractivity contribution in [2.45, 2.75) is 77.0 Å². The van der Waals surface area contributed by atoms with Crippen LogP contribution < -0.4 is 9.47 Å². The molecule has 0 aliphatic rings. The van der Waals surface area contributed by atoms with Crippen LogP contribution in [0, 0.1) is 0 Å². The van der Waals surface area contributed by atoms with Gasteiger partial charge in [-0.3, -0.25) is 0 Å². The maximum Gasteiger partial charge on any atom is 0.119 e. The molecule has 0 heterocycles. The Hall–Kier alpha value is -2.30. The summed E-state index contributed by atoms with van der Waals surface area (Å²) in [5, 5.41) is 17.6. The summed E-state index contributed by atoms with van der Waals surface area (Å²) in [7, 11) is 0. The summed E-state index contributed by atoms with van der Waals surface area (Å²) >= 11 is 0. The first-order chi connectivity index (χ1) is 16.8. The molecule has 34 heavy (non-hydrogen) atoms. The number of hydrogen-bond donors (Lipinski definition) is 2. The quantitative estimate of drug-likeness (QED) is 0.158. The van der Waals surface area contributed by atoms with Gasteiger partial charge in [0.2, 0.25) is 0 Å². The van der Waals surface area contributed by atoms with Crippen LogP contribution in [0.15, 0.2) is 48.5 Å². The van der Waals surface area contributed by atoms with E-state index < -0.39 is 0 Å². The Morgan fingerprint density at radius 1 is 0.441 bits per heavy atom. The van der Waals surface area contributed by atoms with Gasteiger partial charge in [0, 0.05) is 13.2 Å². The second-order valence-corrected chi connectivity index (χ2v) is 8.86. The van der Waals surface area contributed by atoms with Gasteiger partial charge in [-0.05, 0) is 61.1 Å². The van der Waals surface area contributed by atoms with E-state index in [2.05, 4.69) is 36.4 Å². The van der Waals surface area contributed by atoms with Crippen LogP contribution in [0.4, 0.5) is 0 Å². The fourth-order valence-electron chi connectivity index (χ4n) is 3.76. The summed E-state index contributed by atoms with van der Waals surface area (Å²) < 4.78 is 11.7. The van der Waals surface area contributed by atoms with Crippen LogP contribution in [0.3, 0.4) is 0 Å². The lowest BCUT2D eigenvalue weighted by atomic mass is 10.1. The van der Waals surface area contributed by atoms with E-state index in [-0.39, 0.29) is 0 Å². The first kappa shape index (κ1) is 27.9. The lowest BCUT2D eigenvalue weighted by Gasteiger charge is -2.07. The predicted octanol–water partition coefficient (Wildman–Crippen LogP) is 7.28. The van der Waals surface area contributed by atoms with Gasteiger partial charge in [-0.25, -0.2) is 0 Å². The second-order valence-electron chi connectivity index (χ2n) is 8.86. The first-order valence-electron chi connectivity index (χ1n) is 13.2. The van der Waals surface area contributed by atoms with Crippen LogP contribution in [0.1, 0.15) is 88.2 Å². The van der Waals surface area contributed by atoms with Gasteiger partial charge in [-0.15, -0.1) is 0 Å². The molecular weight excluding hydrogens is 424 g/mol. The molecule has 0 atom stereocenters. The molecule has 0 spiro atoms. The van der Waals surface area contributed by atoms with Gasteiger partial charge in [-0.2, -0.15) is 0 Å². The Balaban J connectivity index is 1.60. The van der Waals surface area contributed by atoms with Crippen molar-refractivity contribution >= 4 is 12.2 Å². The van der Waals surface area contributed by atoms with E-state index in [0.29, 0.717) is 13.2 Å². The maximum absolute atomic E-state index is 8.78. The minimum Gasteiger partial charge on any atom is -0.494 e. The van der Waals surface area contributed by atoms with Crippen LogP contribution in [0.2, 0.25) is 0 Å². The number of unbranched alkanes of at least 4 members (excludes halogenated alkanes) is 10. The van der Waals surface area contributed by atoms with Crippen molar-refractivity contribution in [3.05, 3.63) is 59.7 Å². The van der Waals surface area contributed by atoms with E-state index in [4.69, 9.17) is 19.7 Å². The van der Waals surface area contributed by atoms with Crippen molar-refractivity contribution in [3.63, 3.8) is 0 Å². The van der Waals surface area contributed by atoms with E-state index >= 15 is 0 Å². The largest absolute Gasteiger partial charge is 0.494 e. The highest BCUT2D eigenvalue weighted by Crippen LogP contribution is 2.18. The Bertz CT molecular complexity index is 687. The molecule has 4 heteroatoms.